The van der Waals surface area contributed by atoms with Crippen molar-refractivity contribution in [3.05, 3.63) is 76.3 Å². The number of benzene rings is 1. The van der Waals surface area contributed by atoms with E-state index < -0.39 is 0 Å². The van der Waals surface area contributed by atoms with E-state index in [1.54, 1.807) is 36.5 Å². The van der Waals surface area contributed by atoms with Gasteiger partial charge in [-0.15, -0.1) is 0 Å². The zero-order valence-electron chi connectivity index (χ0n) is 17.8. The minimum Gasteiger partial charge on any atom is -0.0818 e. The van der Waals surface area contributed by atoms with Crippen molar-refractivity contribution in [1.82, 2.24) is 14.9 Å². The van der Waals surface area contributed by atoms with Gasteiger partial charge in [0.1, 0.15) is 0 Å². The predicted molar refractivity (Wildman–Crippen MR) is 119 cm³/mol. The van der Waals surface area contributed by atoms with E-state index in [9.17, 15) is 9.59 Å². The molecule has 1 fully saturated rings. The number of aryl methyl sites for hydroxylation is 1. The molecule has 1 saturated heterocycles. The van der Waals surface area contributed by atoms with Gasteiger partial charge in [0.15, 0.2) is 0 Å². The molecule has 2 amide bonds. The van der Waals surface area contributed by atoms with Crippen LogP contribution in [-0.2, 0) is 17.8 Å². The molecule has 0 aliphatic carbocycles. The Morgan fingerprint density at radius 1 is 1.21 bits per heavy atom. The van der Waals surface area contributed by atoms with Crippen molar-refractivity contribution in [1.29, 1.82) is 0 Å². The van der Waals surface area contributed by atoms with Crippen molar-refractivity contribution in [2.45, 2.75) is 21.3 Å². The number of fused-ring (bicyclic) bond motifs is 1. The minimum absolute atomic E-state index is 0.122. The Bertz CT molecular complexity index is 1250. The second kappa shape index (κ2) is 9.83. The summed E-state index contributed by atoms with van der Waals surface area (Å²) in [6.07, 6.45) is 6.54. The zero-order chi connectivity index (χ0) is 22.9. The third-order valence-electron chi connectivity index (χ3n) is 5.61. The molecule has 172 valence electrons. The molecule has 0 atom stereocenters. The number of halogens is 3. The molecule has 5 rings (SSSR count). The Labute approximate surface area is 218 Å². The van der Waals surface area contributed by atoms with Crippen LogP contribution in [0.1, 0.15) is 35.5 Å². The number of carbonyl (C=O) groups is 2. The van der Waals surface area contributed by atoms with Gasteiger partial charge in [0, 0.05) is 6.20 Å². The first-order chi connectivity index (χ1) is 16.0. The first-order valence-electron chi connectivity index (χ1n) is 10.4. The quantitative estimate of drug-likeness (QED) is 0.252. The van der Waals surface area contributed by atoms with Crippen LogP contribution in [0.25, 0.3) is 11.1 Å². The molecular formula is C24H21ClI2N4O2-2. The van der Waals surface area contributed by atoms with Crippen LogP contribution in [0.4, 0.5) is 5.69 Å². The van der Waals surface area contributed by atoms with Gasteiger partial charge in [0.25, 0.3) is 0 Å². The number of aromatic nitrogens is 2. The van der Waals surface area contributed by atoms with Gasteiger partial charge in [-0.3, -0.25) is 0 Å². The first-order valence-corrected chi connectivity index (χ1v) is 16.3. The van der Waals surface area contributed by atoms with E-state index in [2.05, 4.69) is 33.5 Å². The molecule has 0 radical (unpaired) electrons. The van der Waals surface area contributed by atoms with Crippen molar-refractivity contribution >= 4 is 29.1 Å². The SMILES string of the molecule is CN(Cc1cncc(-c2cc3c(c(C4[I-]C[I-]4)c2)NC(=O)CC3)c1)C(=O)c1ncccc1Cl. The molecule has 33 heavy (non-hydrogen) atoms. The number of pyridine rings is 2. The molecule has 4 heterocycles. The van der Waals surface area contributed by atoms with Crippen LogP contribution >= 0.6 is 11.6 Å². The van der Waals surface area contributed by atoms with Gasteiger partial charge in [0.2, 0.25) is 0 Å². The van der Waals surface area contributed by atoms with Crippen molar-refractivity contribution < 1.29 is 52.0 Å². The van der Waals surface area contributed by atoms with E-state index in [4.69, 9.17) is 11.6 Å². The number of hydrogen-bond donors (Lipinski definition) is 1. The summed E-state index contributed by atoms with van der Waals surface area (Å²) >= 11 is 6.56. The van der Waals surface area contributed by atoms with Gasteiger partial charge < -0.3 is 0 Å². The number of amides is 2. The molecule has 1 aromatic carbocycles. The zero-order valence-corrected chi connectivity index (χ0v) is 22.9. The van der Waals surface area contributed by atoms with Crippen molar-refractivity contribution in [3.8, 4) is 11.1 Å². The van der Waals surface area contributed by atoms with Crippen molar-refractivity contribution in [3.63, 3.8) is 0 Å². The van der Waals surface area contributed by atoms with E-state index in [0.29, 0.717) is 18.0 Å². The maximum atomic E-state index is 12.8. The molecule has 9 heteroatoms. The standard InChI is InChI=1S/C24H21ClI2N4O2/c1-31(24(33)22-19(25)3-2-6-29-22)12-14-7-17(11-28-10-14)16-8-15-4-5-20(32)30-21(15)18(9-16)23-26-13-27-23/h2-3,6-11,23H,4-5,12-13H2,1H3,(H,30,32)/q-2. The maximum absolute atomic E-state index is 12.8. The summed E-state index contributed by atoms with van der Waals surface area (Å²) in [5.74, 6) is -0.104. The Balaban J connectivity index is 1.43. The third kappa shape index (κ3) is 4.88. The normalized spacial score (nSPS) is 15.9. The topological polar surface area (TPSA) is 75.2 Å². The van der Waals surface area contributed by atoms with Gasteiger partial charge in [-0.05, 0) is 12.1 Å². The van der Waals surface area contributed by atoms with E-state index in [-0.39, 0.29) is 59.9 Å². The number of carbonyl (C=O) groups excluding carboxylic acids is 2. The molecule has 3 aromatic rings. The van der Waals surface area contributed by atoms with Crippen LogP contribution in [0.3, 0.4) is 0 Å². The minimum atomic E-state index is -0.226. The number of alkyl halides is 4. The van der Waals surface area contributed by atoms with Gasteiger partial charge in [0.05, 0.1) is 0 Å². The molecule has 2 aliphatic rings. The monoisotopic (exact) mass is 686 g/mol. The predicted octanol–water partition coefficient (Wildman–Crippen LogP) is -1.90. The van der Waals surface area contributed by atoms with Crippen molar-refractivity contribution in [2.75, 3.05) is 14.8 Å². The average Bonchev–Trinajstić information content (AvgIpc) is 2.78. The van der Waals surface area contributed by atoms with E-state index in [1.165, 1.54) is 13.6 Å². The fourth-order valence-electron chi connectivity index (χ4n) is 3.95. The first kappa shape index (κ1) is 23.0. The Kier molecular flexibility index (Phi) is 6.84. The molecule has 1 N–H and O–H groups in total. The Morgan fingerprint density at radius 3 is 2.82 bits per heavy atom. The molecule has 0 bridgehead atoms. The molecule has 0 spiro atoms. The summed E-state index contributed by atoms with van der Waals surface area (Å²) in [6, 6.07) is 9.92. The Morgan fingerprint density at radius 2 is 2.06 bits per heavy atom. The van der Waals surface area contributed by atoms with Crippen LogP contribution in [0.2, 0.25) is 5.02 Å². The number of nitrogens with zero attached hydrogens (tertiary/aromatic N) is 3. The summed E-state index contributed by atoms with van der Waals surface area (Å²) in [5.41, 5.74) is 6.98. The summed E-state index contributed by atoms with van der Waals surface area (Å²) in [5, 5.41) is 3.49. The van der Waals surface area contributed by atoms with Crippen LogP contribution < -0.4 is 47.7 Å². The second-order valence-corrected chi connectivity index (χ2v) is 19.4. The number of nitrogens with one attached hydrogen (secondary N) is 1. The summed E-state index contributed by atoms with van der Waals surface area (Å²) in [4.78, 5) is 35.0. The number of hydrogen-bond acceptors (Lipinski definition) is 4. The summed E-state index contributed by atoms with van der Waals surface area (Å²) in [6.45, 7) is 0.403. The second-order valence-electron chi connectivity index (χ2n) is 7.94. The Hall–Kier alpha value is -1.79. The molecule has 0 unspecified atom stereocenters. The average molecular weight is 687 g/mol. The number of rotatable bonds is 5. The van der Waals surface area contributed by atoms with Crippen LogP contribution in [0.5, 0.6) is 0 Å². The van der Waals surface area contributed by atoms with E-state index >= 15 is 0 Å². The third-order valence-corrected chi connectivity index (χ3v) is 18.4. The van der Waals surface area contributed by atoms with Gasteiger partial charge in [-0.2, -0.15) is 0 Å². The smallest absolute Gasteiger partial charge is 0.0818 e. The van der Waals surface area contributed by atoms with Crippen molar-refractivity contribution in [2.24, 2.45) is 0 Å². The molecular weight excluding hydrogens is 666 g/mol. The molecule has 6 nitrogen and oxygen atoms in total. The van der Waals surface area contributed by atoms with Crippen LogP contribution in [0, 0.1) is 0 Å². The van der Waals surface area contributed by atoms with Gasteiger partial charge >= 0.3 is 190 Å². The summed E-state index contributed by atoms with van der Waals surface area (Å²) in [7, 11) is 1.74. The number of anilines is 1. The fraction of sp³-hybridized carbons (Fsp3) is 0.250. The van der Waals surface area contributed by atoms with E-state index in [1.807, 2.05) is 6.20 Å². The summed E-state index contributed by atoms with van der Waals surface area (Å²) < 4.78 is 2.17. The molecule has 0 saturated carbocycles. The fourth-order valence-corrected chi connectivity index (χ4v) is 11.2. The van der Waals surface area contributed by atoms with Crippen LogP contribution in [0.15, 0.2) is 48.9 Å². The molecule has 2 aromatic heterocycles. The van der Waals surface area contributed by atoms with Gasteiger partial charge in [-0.25, -0.2) is 0 Å². The van der Waals surface area contributed by atoms with Gasteiger partial charge in [-0.1, -0.05) is 11.6 Å². The van der Waals surface area contributed by atoms with Crippen LogP contribution in [-0.4, -0.2) is 36.2 Å². The van der Waals surface area contributed by atoms with E-state index in [0.717, 1.165) is 30.7 Å². The molecule has 2 aliphatic heterocycles.